The first-order valence-corrected chi connectivity index (χ1v) is 10.3. The lowest BCUT2D eigenvalue weighted by molar-refractivity contribution is -0.130. The molecule has 2 aliphatic rings. The number of anilines is 1. The standard InChI is InChI=1S/C21H24N8O/c30-20(11-22-6-5-17-10-24-28-27-17)29-12-16-9-23-21(26-19(16)13-29)25-18-7-14-3-1-2-4-15(14)8-18/h1-4,9-10,18,22H,5-8,11-13H2,(H,23,25,26)(H,24,27,28). The predicted octanol–water partition coefficient (Wildman–Crippen LogP) is 0.849. The van der Waals surface area contributed by atoms with Gasteiger partial charge in [0.1, 0.15) is 0 Å². The smallest absolute Gasteiger partial charge is 0.237 e. The highest BCUT2D eigenvalue weighted by atomic mass is 16.2. The Morgan fingerprint density at radius 1 is 1.13 bits per heavy atom. The molecule has 0 saturated carbocycles. The number of amides is 1. The van der Waals surface area contributed by atoms with E-state index in [-0.39, 0.29) is 5.91 Å². The predicted molar refractivity (Wildman–Crippen MR) is 111 cm³/mol. The van der Waals surface area contributed by atoms with Gasteiger partial charge in [0.05, 0.1) is 30.7 Å². The number of aromatic nitrogens is 5. The summed E-state index contributed by atoms with van der Waals surface area (Å²) in [6.07, 6.45) is 6.24. The van der Waals surface area contributed by atoms with Crippen molar-refractivity contribution in [2.45, 2.75) is 38.4 Å². The third-order valence-corrected chi connectivity index (χ3v) is 5.69. The molecule has 3 aromatic rings. The monoisotopic (exact) mass is 404 g/mol. The summed E-state index contributed by atoms with van der Waals surface area (Å²) in [6.45, 7) is 2.07. The van der Waals surface area contributed by atoms with Crippen molar-refractivity contribution in [3.63, 3.8) is 0 Å². The first-order chi connectivity index (χ1) is 14.7. The molecular weight excluding hydrogens is 380 g/mol. The number of carbonyl (C=O) groups is 1. The summed E-state index contributed by atoms with van der Waals surface area (Å²) in [5.74, 6) is 0.709. The van der Waals surface area contributed by atoms with Crippen LogP contribution in [0.4, 0.5) is 5.95 Å². The lowest BCUT2D eigenvalue weighted by Crippen LogP contribution is -2.35. The van der Waals surface area contributed by atoms with Crippen LogP contribution in [-0.2, 0) is 37.1 Å². The zero-order valence-electron chi connectivity index (χ0n) is 16.6. The van der Waals surface area contributed by atoms with E-state index in [1.165, 1.54) is 11.1 Å². The first-order valence-electron chi connectivity index (χ1n) is 10.3. The van der Waals surface area contributed by atoms with Crippen molar-refractivity contribution in [1.29, 1.82) is 0 Å². The van der Waals surface area contributed by atoms with E-state index in [2.05, 4.69) is 60.3 Å². The summed E-state index contributed by atoms with van der Waals surface area (Å²) >= 11 is 0. The van der Waals surface area contributed by atoms with Gasteiger partial charge in [0.2, 0.25) is 11.9 Å². The minimum atomic E-state index is 0.0638. The van der Waals surface area contributed by atoms with Gasteiger partial charge in [-0.05, 0) is 24.0 Å². The van der Waals surface area contributed by atoms with Gasteiger partial charge < -0.3 is 15.5 Å². The Labute approximate surface area is 174 Å². The Bertz CT molecular complexity index is 1010. The fraction of sp³-hybridized carbons (Fsp3) is 0.381. The minimum absolute atomic E-state index is 0.0638. The maximum absolute atomic E-state index is 12.5. The van der Waals surface area contributed by atoms with Gasteiger partial charge in [0.15, 0.2) is 0 Å². The molecule has 1 amide bonds. The van der Waals surface area contributed by atoms with Gasteiger partial charge in [-0.25, -0.2) is 9.97 Å². The number of aromatic amines is 1. The molecule has 0 unspecified atom stereocenters. The van der Waals surface area contributed by atoms with Crippen LogP contribution in [0.2, 0.25) is 0 Å². The van der Waals surface area contributed by atoms with E-state index in [1.807, 2.05) is 11.1 Å². The number of hydrogen-bond acceptors (Lipinski definition) is 7. The normalized spacial score (nSPS) is 15.3. The van der Waals surface area contributed by atoms with Gasteiger partial charge in [-0.3, -0.25) is 4.79 Å². The number of benzene rings is 1. The van der Waals surface area contributed by atoms with Gasteiger partial charge in [-0.1, -0.05) is 24.3 Å². The van der Waals surface area contributed by atoms with E-state index in [4.69, 9.17) is 0 Å². The highest BCUT2D eigenvalue weighted by Crippen LogP contribution is 2.25. The van der Waals surface area contributed by atoms with E-state index >= 15 is 0 Å². The molecule has 0 fully saturated rings. The van der Waals surface area contributed by atoms with Crippen LogP contribution in [0.1, 0.15) is 28.1 Å². The lowest BCUT2D eigenvalue weighted by atomic mass is 10.1. The summed E-state index contributed by atoms with van der Waals surface area (Å²) < 4.78 is 0. The van der Waals surface area contributed by atoms with Crippen molar-refractivity contribution in [2.75, 3.05) is 18.4 Å². The molecular formula is C21H24N8O. The molecule has 3 N–H and O–H groups in total. The van der Waals surface area contributed by atoms with E-state index in [0.717, 1.165) is 36.2 Å². The molecule has 0 bridgehead atoms. The van der Waals surface area contributed by atoms with Crippen LogP contribution in [-0.4, -0.2) is 55.3 Å². The zero-order chi connectivity index (χ0) is 20.3. The largest absolute Gasteiger partial charge is 0.351 e. The Morgan fingerprint density at radius 3 is 2.73 bits per heavy atom. The summed E-state index contributed by atoms with van der Waals surface area (Å²) in [5, 5.41) is 17.0. The van der Waals surface area contributed by atoms with E-state index in [1.54, 1.807) is 6.20 Å². The summed E-state index contributed by atoms with van der Waals surface area (Å²) in [7, 11) is 0. The van der Waals surface area contributed by atoms with E-state index in [0.29, 0.717) is 38.2 Å². The van der Waals surface area contributed by atoms with Crippen molar-refractivity contribution >= 4 is 11.9 Å². The number of carbonyl (C=O) groups excluding carboxylic acids is 1. The molecule has 0 atom stereocenters. The van der Waals surface area contributed by atoms with Crippen molar-refractivity contribution in [2.24, 2.45) is 0 Å². The summed E-state index contributed by atoms with van der Waals surface area (Å²) in [5.41, 5.74) is 5.61. The van der Waals surface area contributed by atoms with Crippen LogP contribution in [0.5, 0.6) is 0 Å². The average molecular weight is 404 g/mol. The molecule has 2 aromatic heterocycles. The maximum Gasteiger partial charge on any atom is 0.237 e. The van der Waals surface area contributed by atoms with Gasteiger partial charge in [-0.2, -0.15) is 15.4 Å². The van der Waals surface area contributed by atoms with Gasteiger partial charge in [0, 0.05) is 37.3 Å². The Balaban J connectivity index is 1.12. The molecule has 0 saturated heterocycles. The van der Waals surface area contributed by atoms with E-state index < -0.39 is 0 Å². The van der Waals surface area contributed by atoms with Crippen LogP contribution >= 0.6 is 0 Å². The number of rotatable bonds is 7. The van der Waals surface area contributed by atoms with Crippen molar-refractivity contribution in [1.82, 2.24) is 35.6 Å². The highest BCUT2D eigenvalue weighted by Gasteiger charge is 2.26. The maximum atomic E-state index is 12.5. The topological polar surface area (TPSA) is 112 Å². The fourth-order valence-electron chi connectivity index (χ4n) is 4.11. The van der Waals surface area contributed by atoms with Crippen LogP contribution in [0.15, 0.2) is 36.7 Å². The van der Waals surface area contributed by atoms with Gasteiger partial charge in [-0.15, -0.1) is 0 Å². The third-order valence-electron chi connectivity index (χ3n) is 5.69. The Morgan fingerprint density at radius 2 is 1.97 bits per heavy atom. The minimum Gasteiger partial charge on any atom is -0.351 e. The van der Waals surface area contributed by atoms with Crippen LogP contribution in [0, 0.1) is 0 Å². The molecule has 9 heteroatoms. The molecule has 9 nitrogen and oxygen atoms in total. The molecule has 30 heavy (non-hydrogen) atoms. The lowest BCUT2D eigenvalue weighted by Gasteiger charge is -2.15. The molecule has 1 aliphatic carbocycles. The van der Waals surface area contributed by atoms with Crippen molar-refractivity contribution < 1.29 is 4.79 Å². The average Bonchev–Trinajstić information content (AvgIpc) is 3.49. The molecule has 1 aliphatic heterocycles. The molecule has 0 radical (unpaired) electrons. The number of nitrogens with one attached hydrogen (secondary N) is 3. The van der Waals surface area contributed by atoms with Crippen molar-refractivity contribution in [3.8, 4) is 0 Å². The number of hydrogen-bond donors (Lipinski definition) is 3. The first kappa shape index (κ1) is 18.7. The SMILES string of the molecule is O=C(CNCCc1cn[nH]n1)N1Cc2cnc(NC3Cc4ccccc4C3)nc2C1. The zero-order valence-corrected chi connectivity index (χ0v) is 16.6. The summed E-state index contributed by atoms with van der Waals surface area (Å²) in [4.78, 5) is 23.5. The van der Waals surface area contributed by atoms with Gasteiger partial charge in [0.25, 0.3) is 0 Å². The third kappa shape index (κ3) is 4.02. The molecule has 5 rings (SSSR count). The van der Waals surface area contributed by atoms with Crippen molar-refractivity contribution in [3.05, 3.63) is 64.7 Å². The van der Waals surface area contributed by atoms with Crippen LogP contribution < -0.4 is 10.6 Å². The summed E-state index contributed by atoms with van der Waals surface area (Å²) in [6, 6.07) is 8.85. The van der Waals surface area contributed by atoms with E-state index in [9.17, 15) is 4.79 Å². The second-order valence-corrected chi connectivity index (χ2v) is 7.82. The second kappa shape index (κ2) is 8.19. The number of nitrogens with zero attached hydrogens (tertiary/aromatic N) is 5. The van der Waals surface area contributed by atoms with Crippen LogP contribution in [0.25, 0.3) is 0 Å². The number of fused-ring (bicyclic) bond motifs is 2. The second-order valence-electron chi connectivity index (χ2n) is 7.82. The quantitative estimate of drug-likeness (QED) is 0.501. The van der Waals surface area contributed by atoms with Crippen LogP contribution in [0.3, 0.4) is 0 Å². The Kier molecular flexibility index (Phi) is 5.10. The number of H-pyrrole nitrogens is 1. The molecule has 1 aromatic carbocycles. The molecule has 0 spiro atoms. The Hall–Kier alpha value is -3.33. The van der Waals surface area contributed by atoms with Gasteiger partial charge >= 0.3 is 0 Å². The highest BCUT2D eigenvalue weighted by molar-refractivity contribution is 5.78. The molecule has 154 valence electrons. The fourth-order valence-corrected chi connectivity index (χ4v) is 4.11. The molecule has 3 heterocycles.